The molecular formula is C19H28IN3O2. The highest BCUT2D eigenvalue weighted by Crippen LogP contribution is 2.21. The number of benzene rings is 1. The first kappa shape index (κ1) is 21.3. The third-order valence-corrected chi connectivity index (χ3v) is 4.02. The van der Waals surface area contributed by atoms with Gasteiger partial charge in [-0.1, -0.05) is 19.1 Å². The summed E-state index contributed by atoms with van der Waals surface area (Å²) >= 11 is 0. The SMILES string of the molecule is CN=C(NCCc1ccco1)NCCC(C)c1ccc(OC)cc1.I. The maximum absolute atomic E-state index is 5.32. The fourth-order valence-corrected chi connectivity index (χ4v) is 2.49. The number of rotatable bonds is 8. The van der Waals surface area contributed by atoms with Crippen molar-refractivity contribution in [3.63, 3.8) is 0 Å². The first-order valence-corrected chi connectivity index (χ1v) is 8.33. The van der Waals surface area contributed by atoms with Gasteiger partial charge in [0.25, 0.3) is 0 Å². The lowest BCUT2D eigenvalue weighted by Gasteiger charge is -2.15. The van der Waals surface area contributed by atoms with E-state index in [0.717, 1.165) is 43.4 Å². The molecule has 138 valence electrons. The quantitative estimate of drug-likeness (QED) is 0.360. The average molecular weight is 457 g/mol. The summed E-state index contributed by atoms with van der Waals surface area (Å²) in [6, 6.07) is 12.2. The number of nitrogens with zero attached hydrogens (tertiary/aromatic N) is 1. The van der Waals surface area contributed by atoms with Gasteiger partial charge in [0.2, 0.25) is 0 Å². The van der Waals surface area contributed by atoms with Crippen molar-refractivity contribution in [2.45, 2.75) is 25.7 Å². The van der Waals surface area contributed by atoms with E-state index in [9.17, 15) is 0 Å². The number of hydrogen-bond donors (Lipinski definition) is 2. The molecule has 1 heterocycles. The van der Waals surface area contributed by atoms with E-state index in [2.05, 4.69) is 34.7 Å². The molecule has 2 rings (SSSR count). The van der Waals surface area contributed by atoms with Gasteiger partial charge in [0.15, 0.2) is 5.96 Å². The molecule has 0 saturated heterocycles. The second-order valence-corrected chi connectivity index (χ2v) is 5.72. The Morgan fingerprint density at radius 3 is 2.48 bits per heavy atom. The van der Waals surface area contributed by atoms with Crippen LogP contribution < -0.4 is 15.4 Å². The van der Waals surface area contributed by atoms with Crippen molar-refractivity contribution in [2.24, 2.45) is 4.99 Å². The van der Waals surface area contributed by atoms with Crippen LogP contribution in [0.3, 0.4) is 0 Å². The minimum atomic E-state index is 0. The lowest BCUT2D eigenvalue weighted by Crippen LogP contribution is -2.39. The summed E-state index contributed by atoms with van der Waals surface area (Å²) in [5.74, 6) is 3.17. The van der Waals surface area contributed by atoms with E-state index in [-0.39, 0.29) is 24.0 Å². The smallest absolute Gasteiger partial charge is 0.190 e. The number of furan rings is 1. The summed E-state index contributed by atoms with van der Waals surface area (Å²) in [4.78, 5) is 4.25. The Labute approximate surface area is 167 Å². The van der Waals surface area contributed by atoms with Gasteiger partial charge >= 0.3 is 0 Å². The predicted octanol–water partition coefficient (Wildman–Crippen LogP) is 3.81. The fourth-order valence-electron chi connectivity index (χ4n) is 2.49. The summed E-state index contributed by atoms with van der Waals surface area (Å²) in [7, 11) is 3.47. The third kappa shape index (κ3) is 7.37. The van der Waals surface area contributed by atoms with Crippen LogP contribution in [0.5, 0.6) is 5.75 Å². The molecule has 1 aromatic carbocycles. The van der Waals surface area contributed by atoms with Crippen LogP contribution in [-0.4, -0.2) is 33.2 Å². The van der Waals surface area contributed by atoms with Gasteiger partial charge in [-0.2, -0.15) is 0 Å². The highest BCUT2D eigenvalue weighted by atomic mass is 127. The van der Waals surface area contributed by atoms with Crippen LogP contribution in [0, 0.1) is 0 Å². The molecule has 1 aromatic heterocycles. The lowest BCUT2D eigenvalue weighted by atomic mass is 9.98. The molecule has 0 aliphatic rings. The lowest BCUT2D eigenvalue weighted by molar-refractivity contribution is 0.414. The summed E-state index contributed by atoms with van der Waals surface area (Å²) in [5.41, 5.74) is 1.32. The van der Waals surface area contributed by atoms with E-state index in [1.165, 1.54) is 5.56 Å². The monoisotopic (exact) mass is 457 g/mol. The van der Waals surface area contributed by atoms with Gasteiger partial charge in [0.1, 0.15) is 11.5 Å². The van der Waals surface area contributed by atoms with Crippen molar-refractivity contribution >= 4 is 29.9 Å². The zero-order chi connectivity index (χ0) is 17.2. The fraction of sp³-hybridized carbons (Fsp3) is 0.421. The number of aliphatic imine (C=N–C) groups is 1. The van der Waals surface area contributed by atoms with E-state index in [1.54, 1.807) is 20.4 Å². The van der Waals surface area contributed by atoms with Gasteiger partial charge in [0.05, 0.1) is 13.4 Å². The van der Waals surface area contributed by atoms with Crippen LogP contribution in [0.25, 0.3) is 0 Å². The van der Waals surface area contributed by atoms with Crippen molar-refractivity contribution in [1.29, 1.82) is 0 Å². The van der Waals surface area contributed by atoms with Crippen LogP contribution in [0.15, 0.2) is 52.1 Å². The number of hydrogen-bond acceptors (Lipinski definition) is 3. The highest BCUT2D eigenvalue weighted by Gasteiger charge is 2.06. The standard InChI is InChI=1S/C19H27N3O2.HI/c1-15(16-6-8-17(23-3)9-7-16)10-12-21-19(20-2)22-13-11-18-5-4-14-24-18;/h4-9,14-15H,10-13H2,1-3H3,(H2,20,21,22);1H. The highest BCUT2D eigenvalue weighted by molar-refractivity contribution is 14.0. The number of ether oxygens (including phenoxy) is 1. The molecule has 0 radical (unpaired) electrons. The molecule has 0 spiro atoms. The Morgan fingerprint density at radius 1 is 1.16 bits per heavy atom. The van der Waals surface area contributed by atoms with Crippen molar-refractivity contribution in [3.8, 4) is 5.75 Å². The molecule has 2 aromatic rings. The number of guanidine groups is 1. The zero-order valence-electron chi connectivity index (χ0n) is 15.1. The normalized spacial score (nSPS) is 12.2. The minimum Gasteiger partial charge on any atom is -0.497 e. The third-order valence-electron chi connectivity index (χ3n) is 4.02. The maximum atomic E-state index is 5.32. The van der Waals surface area contributed by atoms with Crippen molar-refractivity contribution < 1.29 is 9.15 Å². The molecule has 2 N–H and O–H groups in total. The minimum absolute atomic E-state index is 0. The topological polar surface area (TPSA) is 58.8 Å². The van der Waals surface area contributed by atoms with Crippen LogP contribution in [0.4, 0.5) is 0 Å². The molecule has 0 fully saturated rings. The van der Waals surface area contributed by atoms with Crippen molar-refractivity contribution in [1.82, 2.24) is 10.6 Å². The molecule has 25 heavy (non-hydrogen) atoms. The first-order valence-electron chi connectivity index (χ1n) is 8.33. The Bertz CT molecular complexity index is 612. The Hall–Kier alpha value is -1.70. The van der Waals surface area contributed by atoms with Crippen LogP contribution in [-0.2, 0) is 6.42 Å². The van der Waals surface area contributed by atoms with Gasteiger partial charge in [-0.05, 0) is 42.2 Å². The van der Waals surface area contributed by atoms with Crippen LogP contribution in [0.1, 0.15) is 30.6 Å². The van der Waals surface area contributed by atoms with E-state index >= 15 is 0 Å². The molecule has 0 saturated carbocycles. The Kier molecular flexibility index (Phi) is 10.1. The van der Waals surface area contributed by atoms with Crippen LogP contribution in [0.2, 0.25) is 0 Å². The van der Waals surface area contributed by atoms with Gasteiger partial charge < -0.3 is 19.8 Å². The second kappa shape index (κ2) is 11.8. The molecule has 0 amide bonds. The molecule has 1 unspecified atom stereocenters. The maximum Gasteiger partial charge on any atom is 0.190 e. The molecule has 0 bridgehead atoms. The van der Waals surface area contributed by atoms with E-state index in [0.29, 0.717) is 5.92 Å². The number of methoxy groups -OCH3 is 1. The van der Waals surface area contributed by atoms with Gasteiger partial charge in [-0.25, -0.2) is 0 Å². The summed E-state index contributed by atoms with van der Waals surface area (Å²) in [5, 5.41) is 6.65. The van der Waals surface area contributed by atoms with Crippen molar-refractivity contribution in [3.05, 3.63) is 54.0 Å². The van der Waals surface area contributed by atoms with Gasteiger partial charge in [-0.15, -0.1) is 24.0 Å². The van der Waals surface area contributed by atoms with E-state index in [4.69, 9.17) is 9.15 Å². The van der Waals surface area contributed by atoms with E-state index in [1.807, 2.05) is 24.3 Å². The van der Waals surface area contributed by atoms with Gasteiger partial charge in [-0.3, -0.25) is 4.99 Å². The Morgan fingerprint density at radius 2 is 1.88 bits per heavy atom. The molecule has 1 atom stereocenters. The van der Waals surface area contributed by atoms with Gasteiger partial charge in [0, 0.05) is 26.6 Å². The molecule has 6 heteroatoms. The average Bonchev–Trinajstić information content (AvgIpc) is 3.13. The first-order chi connectivity index (χ1) is 11.7. The molecule has 5 nitrogen and oxygen atoms in total. The van der Waals surface area contributed by atoms with E-state index < -0.39 is 0 Å². The number of nitrogens with one attached hydrogen (secondary N) is 2. The molecule has 0 aliphatic heterocycles. The number of halogens is 1. The molecular weight excluding hydrogens is 429 g/mol. The second-order valence-electron chi connectivity index (χ2n) is 5.72. The summed E-state index contributed by atoms with van der Waals surface area (Å²) in [6.45, 7) is 3.89. The van der Waals surface area contributed by atoms with Crippen molar-refractivity contribution in [2.75, 3.05) is 27.2 Å². The zero-order valence-corrected chi connectivity index (χ0v) is 17.4. The largest absolute Gasteiger partial charge is 0.497 e. The summed E-state index contributed by atoms with van der Waals surface area (Å²) < 4.78 is 10.5. The van der Waals surface area contributed by atoms with Crippen LogP contribution >= 0.6 is 24.0 Å². The summed E-state index contributed by atoms with van der Waals surface area (Å²) in [6.07, 6.45) is 3.57. The molecule has 0 aliphatic carbocycles. The predicted molar refractivity (Wildman–Crippen MR) is 113 cm³/mol. The Balaban J connectivity index is 0.00000312.